The maximum absolute atomic E-state index is 12.9. The van der Waals surface area contributed by atoms with E-state index in [1.54, 1.807) is 18.1 Å². The monoisotopic (exact) mass is 376 g/mol. The zero-order valence-corrected chi connectivity index (χ0v) is 16.0. The van der Waals surface area contributed by atoms with Crippen molar-refractivity contribution in [1.82, 2.24) is 20.0 Å². The summed E-state index contributed by atoms with van der Waals surface area (Å²) < 4.78 is 5.36. The number of hydrogen-bond acceptors (Lipinski definition) is 5. The minimum atomic E-state index is -0.0897. The standard InChI is InChI=1S/C22H24N4O2/c1-26(15-20-24-22(28-25-20)17-10-7-11-17)21(27)14-18(16-8-3-2-4-9-16)19-12-5-6-13-23-19/h2-6,8-9,12-13,17-18H,7,10-11,14-15H2,1H3. The summed E-state index contributed by atoms with van der Waals surface area (Å²) in [5.74, 6) is 1.60. The number of benzene rings is 1. The largest absolute Gasteiger partial charge is 0.339 e. The molecule has 4 rings (SSSR count). The second-order valence-electron chi connectivity index (χ2n) is 7.35. The third-order valence-corrected chi connectivity index (χ3v) is 5.37. The number of hydrogen-bond donors (Lipinski definition) is 0. The van der Waals surface area contributed by atoms with Crippen molar-refractivity contribution in [2.45, 2.75) is 44.1 Å². The van der Waals surface area contributed by atoms with Gasteiger partial charge in [0.1, 0.15) is 0 Å². The van der Waals surface area contributed by atoms with Crippen LogP contribution in [0, 0.1) is 0 Å². The van der Waals surface area contributed by atoms with Crippen LogP contribution in [0.4, 0.5) is 0 Å². The molecule has 0 saturated heterocycles. The SMILES string of the molecule is CN(Cc1noc(C2CCC2)n1)C(=O)CC(c1ccccc1)c1ccccn1. The molecular formula is C22H24N4O2. The number of aromatic nitrogens is 3. The lowest BCUT2D eigenvalue weighted by atomic mass is 9.85. The van der Waals surface area contributed by atoms with E-state index >= 15 is 0 Å². The first-order valence-electron chi connectivity index (χ1n) is 9.73. The molecule has 1 saturated carbocycles. The lowest BCUT2D eigenvalue weighted by Gasteiger charge is -2.21. The molecule has 2 aromatic heterocycles. The van der Waals surface area contributed by atoms with Crippen molar-refractivity contribution in [3.8, 4) is 0 Å². The molecule has 1 unspecified atom stereocenters. The highest BCUT2D eigenvalue weighted by Crippen LogP contribution is 2.35. The molecule has 0 bridgehead atoms. The molecule has 0 aliphatic heterocycles. The van der Waals surface area contributed by atoms with E-state index in [0.717, 1.165) is 24.1 Å². The van der Waals surface area contributed by atoms with Crippen LogP contribution >= 0.6 is 0 Å². The van der Waals surface area contributed by atoms with Crippen LogP contribution in [0.25, 0.3) is 0 Å². The van der Waals surface area contributed by atoms with Crippen LogP contribution in [0.2, 0.25) is 0 Å². The third-order valence-electron chi connectivity index (χ3n) is 5.37. The van der Waals surface area contributed by atoms with E-state index < -0.39 is 0 Å². The first-order chi connectivity index (χ1) is 13.7. The molecule has 144 valence electrons. The molecule has 1 aromatic carbocycles. The first kappa shape index (κ1) is 18.3. The van der Waals surface area contributed by atoms with Crippen molar-refractivity contribution in [1.29, 1.82) is 0 Å². The predicted octanol–water partition coefficient (Wildman–Crippen LogP) is 3.91. The van der Waals surface area contributed by atoms with Crippen molar-refractivity contribution in [2.75, 3.05) is 7.05 Å². The Morgan fingerprint density at radius 1 is 1.18 bits per heavy atom. The smallest absolute Gasteiger partial charge is 0.229 e. The maximum Gasteiger partial charge on any atom is 0.229 e. The van der Waals surface area contributed by atoms with Crippen LogP contribution in [0.5, 0.6) is 0 Å². The van der Waals surface area contributed by atoms with Crippen molar-refractivity contribution in [3.63, 3.8) is 0 Å². The molecule has 1 atom stereocenters. The van der Waals surface area contributed by atoms with Gasteiger partial charge in [-0.25, -0.2) is 0 Å². The molecule has 2 heterocycles. The minimum Gasteiger partial charge on any atom is -0.339 e. The summed E-state index contributed by atoms with van der Waals surface area (Å²) >= 11 is 0. The van der Waals surface area contributed by atoms with E-state index in [4.69, 9.17) is 4.52 Å². The average molecular weight is 376 g/mol. The van der Waals surface area contributed by atoms with Crippen LogP contribution in [0.1, 0.15) is 60.5 Å². The average Bonchev–Trinajstić information content (AvgIpc) is 3.13. The number of amides is 1. The Morgan fingerprint density at radius 3 is 2.64 bits per heavy atom. The Hall–Kier alpha value is -3.02. The molecule has 0 spiro atoms. The van der Waals surface area contributed by atoms with Crippen molar-refractivity contribution < 1.29 is 9.32 Å². The van der Waals surface area contributed by atoms with Gasteiger partial charge in [-0.05, 0) is 30.5 Å². The van der Waals surface area contributed by atoms with Gasteiger partial charge in [0, 0.05) is 37.2 Å². The summed E-state index contributed by atoms with van der Waals surface area (Å²) in [4.78, 5) is 23.5. The molecule has 1 aliphatic rings. The van der Waals surface area contributed by atoms with Gasteiger partial charge in [0.15, 0.2) is 5.82 Å². The summed E-state index contributed by atoms with van der Waals surface area (Å²) in [5.41, 5.74) is 1.97. The minimum absolute atomic E-state index is 0.0227. The van der Waals surface area contributed by atoms with Crippen molar-refractivity contribution in [2.24, 2.45) is 0 Å². The summed E-state index contributed by atoms with van der Waals surface area (Å²) in [6.07, 6.45) is 5.54. The van der Waals surface area contributed by atoms with Crippen LogP contribution in [0.3, 0.4) is 0 Å². The van der Waals surface area contributed by atoms with E-state index in [2.05, 4.69) is 15.1 Å². The van der Waals surface area contributed by atoms with Crippen molar-refractivity contribution >= 4 is 5.91 Å². The molecule has 3 aromatic rings. The number of rotatable bonds is 7. The second kappa shape index (κ2) is 8.33. The molecule has 6 heteroatoms. The van der Waals surface area contributed by atoms with Gasteiger partial charge in [0.2, 0.25) is 11.8 Å². The van der Waals surface area contributed by atoms with Gasteiger partial charge >= 0.3 is 0 Å². The molecule has 0 radical (unpaired) electrons. The van der Waals surface area contributed by atoms with Gasteiger partial charge in [-0.15, -0.1) is 0 Å². The Labute approximate surface area is 164 Å². The topological polar surface area (TPSA) is 72.1 Å². The Balaban J connectivity index is 1.45. The molecule has 1 aliphatic carbocycles. The molecular weight excluding hydrogens is 352 g/mol. The van der Waals surface area contributed by atoms with Crippen LogP contribution < -0.4 is 0 Å². The number of pyridine rings is 1. The van der Waals surface area contributed by atoms with Gasteiger partial charge in [-0.1, -0.05) is 48.0 Å². The summed E-state index contributed by atoms with van der Waals surface area (Å²) in [6.45, 7) is 0.346. The predicted molar refractivity (Wildman–Crippen MR) is 105 cm³/mol. The van der Waals surface area contributed by atoms with Crippen LogP contribution in [0.15, 0.2) is 59.3 Å². The van der Waals surface area contributed by atoms with E-state index in [0.29, 0.717) is 30.6 Å². The fraction of sp³-hybridized carbons (Fsp3) is 0.364. The van der Waals surface area contributed by atoms with Crippen LogP contribution in [-0.2, 0) is 11.3 Å². The van der Waals surface area contributed by atoms with Gasteiger partial charge in [0.25, 0.3) is 0 Å². The van der Waals surface area contributed by atoms with E-state index in [-0.39, 0.29) is 11.8 Å². The molecule has 1 fully saturated rings. The van der Waals surface area contributed by atoms with E-state index in [1.807, 2.05) is 48.5 Å². The molecule has 0 N–H and O–H groups in total. The summed E-state index contributed by atoms with van der Waals surface area (Å²) in [5, 5.41) is 4.04. The van der Waals surface area contributed by atoms with Gasteiger partial charge < -0.3 is 9.42 Å². The summed E-state index contributed by atoms with van der Waals surface area (Å²) in [7, 11) is 1.78. The number of carbonyl (C=O) groups excluding carboxylic acids is 1. The van der Waals surface area contributed by atoms with Crippen LogP contribution in [-0.4, -0.2) is 33.0 Å². The highest BCUT2D eigenvalue weighted by molar-refractivity contribution is 5.77. The van der Waals surface area contributed by atoms with Gasteiger partial charge in [-0.2, -0.15) is 4.98 Å². The molecule has 28 heavy (non-hydrogen) atoms. The first-order valence-corrected chi connectivity index (χ1v) is 9.73. The zero-order chi connectivity index (χ0) is 19.3. The third kappa shape index (κ3) is 4.11. The lowest BCUT2D eigenvalue weighted by molar-refractivity contribution is -0.130. The Kier molecular flexibility index (Phi) is 5.46. The highest BCUT2D eigenvalue weighted by Gasteiger charge is 2.26. The van der Waals surface area contributed by atoms with E-state index in [1.165, 1.54) is 6.42 Å². The fourth-order valence-corrected chi connectivity index (χ4v) is 3.44. The Bertz CT molecular complexity index is 867. The van der Waals surface area contributed by atoms with Gasteiger partial charge in [-0.3, -0.25) is 9.78 Å². The molecule has 1 amide bonds. The Morgan fingerprint density at radius 2 is 1.96 bits per heavy atom. The number of carbonyl (C=O) groups is 1. The van der Waals surface area contributed by atoms with Crippen molar-refractivity contribution in [3.05, 3.63) is 77.7 Å². The van der Waals surface area contributed by atoms with Gasteiger partial charge in [0.05, 0.1) is 6.54 Å². The molecule has 6 nitrogen and oxygen atoms in total. The normalized spacial score (nSPS) is 15.0. The quantitative estimate of drug-likeness (QED) is 0.625. The zero-order valence-electron chi connectivity index (χ0n) is 16.0. The van der Waals surface area contributed by atoms with E-state index in [9.17, 15) is 4.79 Å². The maximum atomic E-state index is 12.9. The lowest BCUT2D eigenvalue weighted by Crippen LogP contribution is -2.28. The second-order valence-corrected chi connectivity index (χ2v) is 7.35. The highest BCUT2D eigenvalue weighted by atomic mass is 16.5. The summed E-state index contributed by atoms with van der Waals surface area (Å²) in [6, 6.07) is 15.8. The number of nitrogens with zero attached hydrogens (tertiary/aromatic N) is 4. The fourth-order valence-electron chi connectivity index (χ4n) is 3.44.